The number of nitrogens with zero attached hydrogens (tertiary/aromatic N) is 1. The fraction of sp³-hybridized carbons (Fsp3) is 1.00. The van der Waals surface area contributed by atoms with Crippen LogP contribution in [-0.4, -0.2) is 59.0 Å². The van der Waals surface area contributed by atoms with E-state index in [9.17, 15) is 43.2 Å². The van der Waals surface area contributed by atoms with E-state index in [1.165, 1.54) is 49.8 Å². The zero-order valence-electron chi connectivity index (χ0n) is 13.6. The number of rotatable bonds is 4. The van der Waals surface area contributed by atoms with Gasteiger partial charge in [0.25, 0.3) is 0 Å². The van der Waals surface area contributed by atoms with E-state index >= 15 is 0 Å². The van der Waals surface area contributed by atoms with Gasteiger partial charge in [0, 0.05) is 0 Å². The van der Waals surface area contributed by atoms with Crippen molar-refractivity contribution < 1.29 is 47.7 Å². The predicted octanol–water partition coefficient (Wildman–Crippen LogP) is 2.30. The lowest BCUT2D eigenvalue weighted by Gasteiger charge is -2.37. The number of alkyl halides is 6. The monoisotopic (exact) mass is 423 g/mol. The molecule has 1 aliphatic heterocycles. The lowest BCUT2D eigenvalue weighted by molar-refractivity contribution is -0.914. The number of halogens is 6. The van der Waals surface area contributed by atoms with Crippen molar-refractivity contribution in [2.24, 2.45) is 0 Å². The van der Waals surface area contributed by atoms with Gasteiger partial charge in [0.15, 0.2) is 0 Å². The zero-order valence-corrected chi connectivity index (χ0v) is 15.2. The van der Waals surface area contributed by atoms with Crippen molar-refractivity contribution >= 4 is 20.0 Å². The molecule has 0 aromatic carbocycles. The second-order valence-corrected chi connectivity index (χ2v) is 9.44. The van der Waals surface area contributed by atoms with Crippen LogP contribution >= 0.6 is 0 Å². The molecule has 1 aliphatic rings. The van der Waals surface area contributed by atoms with E-state index < -0.39 is 35.2 Å². The van der Waals surface area contributed by atoms with E-state index in [-0.39, 0.29) is 0 Å². The standard InChI is InChI=1S/C9H20N.C2HF6NO4S2/c1-3-7-10(2)8-5-4-6-9-10;3-1(4,5)14(10,11)9-15(12,13)2(6,7)8/h3-9H2,1-2H3;9H/q+1;. The van der Waals surface area contributed by atoms with Gasteiger partial charge in [-0.2, -0.15) is 26.3 Å². The number of sulfonamides is 2. The van der Waals surface area contributed by atoms with Crippen LogP contribution < -0.4 is 4.13 Å². The van der Waals surface area contributed by atoms with E-state index in [4.69, 9.17) is 0 Å². The first-order valence-corrected chi connectivity index (χ1v) is 10.2. The Labute approximate surface area is 142 Å². The second-order valence-electron chi connectivity index (χ2n) is 5.83. The van der Waals surface area contributed by atoms with Gasteiger partial charge in [-0.3, -0.25) is 0 Å². The largest absolute Gasteiger partial charge is 0.512 e. The van der Waals surface area contributed by atoms with Crippen LogP contribution in [0.2, 0.25) is 0 Å². The molecule has 0 radical (unpaired) electrons. The number of quaternary nitrogens is 1. The molecule has 1 heterocycles. The minimum atomic E-state index is -6.60. The SMILES string of the molecule is CCC[N+]1(C)CCCCC1.O=S(=O)(NS(=O)(=O)C(F)(F)F)C(F)(F)F. The topological polar surface area (TPSA) is 80.3 Å². The highest BCUT2D eigenvalue weighted by atomic mass is 32.3. The Kier molecular flexibility index (Phi) is 8.19. The van der Waals surface area contributed by atoms with Gasteiger partial charge in [-0.1, -0.05) is 11.1 Å². The fourth-order valence-corrected chi connectivity index (χ4v) is 4.19. The molecule has 25 heavy (non-hydrogen) atoms. The van der Waals surface area contributed by atoms with Crippen molar-refractivity contribution in [1.82, 2.24) is 4.13 Å². The maximum Gasteiger partial charge on any atom is 0.512 e. The minimum Gasteiger partial charge on any atom is -0.326 e. The molecule has 0 spiro atoms. The van der Waals surface area contributed by atoms with Gasteiger partial charge in [0.1, 0.15) is 0 Å². The maximum absolute atomic E-state index is 11.5. The van der Waals surface area contributed by atoms with E-state index in [1.807, 2.05) is 0 Å². The third-order valence-corrected chi connectivity index (χ3v) is 6.46. The van der Waals surface area contributed by atoms with E-state index in [1.54, 1.807) is 0 Å². The molecule has 14 heteroatoms. The molecule has 1 fully saturated rings. The van der Waals surface area contributed by atoms with Gasteiger partial charge in [-0.05, 0) is 25.7 Å². The molecule has 0 bridgehead atoms. The van der Waals surface area contributed by atoms with Crippen LogP contribution in [-0.2, 0) is 20.0 Å². The molecule has 6 nitrogen and oxygen atoms in total. The Balaban J connectivity index is 0.000000496. The normalized spacial score (nSPS) is 19.0. The van der Waals surface area contributed by atoms with E-state index in [0.29, 0.717) is 0 Å². The third kappa shape index (κ3) is 7.66. The quantitative estimate of drug-likeness (QED) is 0.556. The van der Waals surface area contributed by atoms with Crippen LogP contribution in [0.1, 0.15) is 32.6 Å². The van der Waals surface area contributed by atoms with Gasteiger partial charge < -0.3 is 4.48 Å². The first kappa shape index (κ1) is 24.4. The number of nitrogens with one attached hydrogen (secondary N) is 1. The molecule has 0 aliphatic carbocycles. The minimum absolute atomic E-state index is 0.493. The first-order chi connectivity index (χ1) is 11.0. The van der Waals surface area contributed by atoms with Gasteiger partial charge in [-0.15, -0.1) is 0 Å². The summed E-state index contributed by atoms with van der Waals surface area (Å²) in [6, 6.07) is 0. The Morgan fingerprint density at radius 2 is 1.20 bits per heavy atom. The van der Waals surface area contributed by atoms with Crippen LogP contribution in [0.3, 0.4) is 0 Å². The summed E-state index contributed by atoms with van der Waals surface area (Å²) >= 11 is 0. The smallest absolute Gasteiger partial charge is 0.326 e. The first-order valence-electron chi connectivity index (χ1n) is 7.22. The molecule has 0 aromatic heterocycles. The van der Waals surface area contributed by atoms with Gasteiger partial charge in [0.05, 0.1) is 26.7 Å². The van der Waals surface area contributed by atoms with Crippen molar-refractivity contribution in [1.29, 1.82) is 0 Å². The van der Waals surface area contributed by atoms with Crippen LogP contribution in [0, 0.1) is 0 Å². The Hall–Kier alpha value is -0.600. The summed E-state index contributed by atoms with van der Waals surface area (Å²) in [5, 5.41) is 0. The van der Waals surface area contributed by atoms with Crippen molar-refractivity contribution in [3.8, 4) is 0 Å². The molecule has 0 amide bonds. The second kappa shape index (κ2) is 8.39. The fourth-order valence-electron chi connectivity index (χ4n) is 2.28. The number of likely N-dealkylation sites (tertiary alicyclic amines) is 1. The average molecular weight is 423 g/mol. The highest BCUT2D eigenvalue weighted by molar-refractivity contribution is 8.05. The summed E-state index contributed by atoms with van der Waals surface area (Å²) in [5.74, 6) is 0. The summed E-state index contributed by atoms with van der Waals surface area (Å²) in [5.41, 5.74) is -12.3. The van der Waals surface area contributed by atoms with Crippen LogP contribution in [0.4, 0.5) is 26.3 Å². The zero-order chi connectivity index (χ0) is 20.2. The van der Waals surface area contributed by atoms with Crippen LogP contribution in [0.25, 0.3) is 0 Å². The highest BCUT2D eigenvalue weighted by Crippen LogP contribution is 2.27. The Bertz CT molecular complexity index is 574. The Morgan fingerprint density at radius 1 is 0.840 bits per heavy atom. The van der Waals surface area contributed by atoms with Crippen molar-refractivity contribution in [2.75, 3.05) is 26.7 Å². The van der Waals surface area contributed by atoms with Gasteiger partial charge in [0.2, 0.25) is 0 Å². The van der Waals surface area contributed by atoms with Gasteiger partial charge in [-0.25, -0.2) is 16.8 Å². The molecule has 1 N–H and O–H groups in total. The molecule has 1 saturated heterocycles. The third-order valence-electron chi connectivity index (χ3n) is 3.49. The lowest BCUT2D eigenvalue weighted by Crippen LogP contribution is -2.48. The lowest BCUT2D eigenvalue weighted by atomic mass is 10.1. The maximum atomic E-state index is 11.5. The highest BCUT2D eigenvalue weighted by Gasteiger charge is 2.55. The summed E-state index contributed by atoms with van der Waals surface area (Å²) in [4.78, 5) is 0. The predicted molar refractivity (Wildman–Crippen MR) is 78.0 cm³/mol. The van der Waals surface area contributed by atoms with Gasteiger partial charge >= 0.3 is 31.1 Å². The van der Waals surface area contributed by atoms with Crippen molar-refractivity contribution in [3.05, 3.63) is 0 Å². The molecular formula is C11H21F6N2O4S2+. The number of hydrogen-bond acceptors (Lipinski definition) is 4. The number of piperidine rings is 1. The summed E-state index contributed by atoms with van der Waals surface area (Å²) in [6.45, 7) is 6.53. The summed E-state index contributed by atoms with van der Waals surface area (Å²) in [6.07, 6.45) is 5.72. The Morgan fingerprint density at radius 3 is 1.48 bits per heavy atom. The van der Waals surface area contributed by atoms with Crippen LogP contribution in [0.15, 0.2) is 0 Å². The van der Waals surface area contributed by atoms with E-state index in [2.05, 4.69) is 14.0 Å². The average Bonchev–Trinajstić information content (AvgIpc) is 2.36. The molecule has 0 unspecified atom stereocenters. The molecule has 0 aromatic rings. The van der Waals surface area contributed by atoms with Crippen molar-refractivity contribution in [3.63, 3.8) is 0 Å². The molecule has 0 saturated carbocycles. The van der Waals surface area contributed by atoms with Crippen LogP contribution in [0.5, 0.6) is 0 Å². The van der Waals surface area contributed by atoms with E-state index in [0.717, 1.165) is 0 Å². The summed E-state index contributed by atoms with van der Waals surface area (Å²) in [7, 11) is -10.8. The number of hydrogen-bond donors (Lipinski definition) is 1. The van der Waals surface area contributed by atoms with Crippen molar-refractivity contribution in [2.45, 2.75) is 43.6 Å². The molecule has 0 atom stereocenters. The molecule has 152 valence electrons. The summed E-state index contributed by atoms with van der Waals surface area (Å²) < 4.78 is 110. The molecular weight excluding hydrogens is 402 g/mol. The molecule has 1 rings (SSSR count).